The van der Waals surface area contributed by atoms with Crippen molar-refractivity contribution in [3.8, 4) is 0 Å². The van der Waals surface area contributed by atoms with Gasteiger partial charge in [-0.05, 0) is 12.1 Å². The normalized spacial score (nSPS) is 10.3. The van der Waals surface area contributed by atoms with Gasteiger partial charge in [0, 0.05) is 6.54 Å². The van der Waals surface area contributed by atoms with Crippen molar-refractivity contribution in [3.63, 3.8) is 0 Å². The highest BCUT2D eigenvalue weighted by molar-refractivity contribution is 5.92. The first-order chi connectivity index (χ1) is 8.74. The maximum Gasteiger partial charge on any atom is 0.238 e. The summed E-state index contributed by atoms with van der Waals surface area (Å²) in [5.41, 5.74) is 0.167. The molecular formula is C12H17FN2O3. The number of anilines is 1. The van der Waals surface area contributed by atoms with Gasteiger partial charge in [0.15, 0.2) is 0 Å². The Hall–Kier alpha value is -1.50. The second-order valence-corrected chi connectivity index (χ2v) is 3.54. The molecule has 0 bridgehead atoms. The number of ether oxygens (including phenoxy) is 1. The van der Waals surface area contributed by atoms with Crippen molar-refractivity contribution in [1.82, 2.24) is 5.32 Å². The van der Waals surface area contributed by atoms with Crippen LogP contribution >= 0.6 is 0 Å². The van der Waals surface area contributed by atoms with Crippen LogP contribution < -0.4 is 10.6 Å². The number of halogens is 1. The van der Waals surface area contributed by atoms with E-state index in [2.05, 4.69) is 10.6 Å². The number of aliphatic hydroxyl groups is 1. The molecule has 100 valence electrons. The lowest BCUT2D eigenvalue weighted by Gasteiger charge is -2.07. The van der Waals surface area contributed by atoms with Crippen molar-refractivity contribution in [2.24, 2.45) is 0 Å². The molecule has 1 aromatic rings. The van der Waals surface area contributed by atoms with E-state index < -0.39 is 5.82 Å². The Kier molecular flexibility index (Phi) is 6.93. The zero-order valence-electron chi connectivity index (χ0n) is 9.99. The fourth-order valence-electron chi connectivity index (χ4n) is 1.27. The van der Waals surface area contributed by atoms with Gasteiger partial charge >= 0.3 is 0 Å². The van der Waals surface area contributed by atoms with Crippen LogP contribution in [0.2, 0.25) is 0 Å². The maximum absolute atomic E-state index is 13.2. The monoisotopic (exact) mass is 256 g/mol. The second-order valence-electron chi connectivity index (χ2n) is 3.54. The van der Waals surface area contributed by atoms with Crippen molar-refractivity contribution in [2.45, 2.75) is 0 Å². The molecule has 0 aliphatic rings. The number of rotatable bonds is 8. The van der Waals surface area contributed by atoms with Gasteiger partial charge in [0.1, 0.15) is 5.82 Å². The fraction of sp³-hybridized carbons (Fsp3) is 0.417. The Balaban J connectivity index is 2.16. The van der Waals surface area contributed by atoms with Crippen LogP contribution in [0.3, 0.4) is 0 Å². The Morgan fingerprint density at radius 1 is 1.33 bits per heavy atom. The van der Waals surface area contributed by atoms with Gasteiger partial charge in [-0.3, -0.25) is 4.79 Å². The molecule has 5 nitrogen and oxygen atoms in total. The molecule has 3 N–H and O–H groups in total. The lowest BCUT2D eigenvalue weighted by Crippen LogP contribution is -2.30. The number of benzene rings is 1. The molecule has 0 atom stereocenters. The fourth-order valence-corrected chi connectivity index (χ4v) is 1.27. The lowest BCUT2D eigenvalue weighted by molar-refractivity contribution is -0.115. The summed E-state index contributed by atoms with van der Waals surface area (Å²) in [4.78, 5) is 11.4. The van der Waals surface area contributed by atoms with Crippen LogP contribution in [-0.4, -0.2) is 43.9 Å². The van der Waals surface area contributed by atoms with Crippen LogP contribution in [0, 0.1) is 5.82 Å². The minimum Gasteiger partial charge on any atom is -0.394 e. The summed E-state index contributed by atoms with van der Waals surface area (Å²) < 4.78 is 18.2. The zero-order valence-corrected chi connectivity index (χ0v) is 9.99. The van der Waals surface area contributed by atoms with Crippen molar-refractivity contribution in [3.05, 3.63) is 30.1 Å². The smallest absolute Gasteiger partial charge is 0.238 e. The standard InChI is InChI=1S/C12H17FN2O3/c13-10-3-1-2-4-11(10)15-12(17)9-14-5-7-18-8-6-16/h1-4,14,16H,5-9H2,(H,15,17). The summed E-state index contributed by atoms with van der Waals surface area (Å²) in [5.74, 6) is -0.778. The van der Waals surface area contributed by atoms with E-state index in [0.29, 0.717) is 13.2 Å². The van der Waals surface area contributed by atoms with Gasteiger partial charge in [0.25, 0.3) is 0 Å². The highest BCUT2D eigenvalue weighted by Gasteiger charge is 2.05. The molecule has 6 heteroatoms. The first-order valence-corrected chi connectivity index (χ1v) is 5.67. The highest BCUT2D eigenvalue weighted by Crippen LogP contribution is 2.11. The van der Waals surface area contributed by atoms with Gasteiger partial charge in [-0.25, -0.2) is 4.39 Å². The van der Waals surface area contributed by atoms with E-state index in [1.165, 1.54) is 12.1 Å². The van der Waals surface area contributed by atoms with Crippen molar-refractivity contribution in [2.75, 3.05) is 38.2 Å². The minimum absolute atomic E-state index is 0.0201. The molecule has 0 aliphatic carbocycles. The molecule has 1 amide bonds. The predicted octanol–water partition coefficient (Wildman–Crippen LogP) is 0.363. The van der Waals surface area contributed by atoms with E-state index in [1.807, 2.05) is 0 Å². The van der Waals surface area contributed by atoms with Crippen LogP contribution in [0.15, 0.2) is 24.3 Å². The van der Waals surface area contributed by atoms with E-state index in [9.17, 15) is 9.18 Å². The summed E-state index contributed by atoms with van der Waals surface area (Å²) in [6.07, 6.45) is 0. The van der Waals surface area contributed by atoms with Crippen LogP contribution in [0.5, 0.6) is 0 Å². The van der Waals surface area contributed by atoms with Gasteiger partial charge in [-0.1, -0.05) is 12.1 Å². The van der Waals surface area contributed by atoms with E-state index >= 15 is 0 Å². The quantitative estimate of drug-likeness (QED) is 0.587. The molecule has 0 aromatic heterocycles. The van der Waals surface area contributed by atoms with Crippen LogP contribution in [0.1, 0.15) is 0 Å². The number of amides is 1. The van der Waals surface area contributed by atoms with Crippen LogP contribution in [0.4, 0.5) is 10.1 Å². The van der Waals surface area contributed by atoms with Crippen molar-refractivity contribution in [1.29, 1.82) is 0 Å². The lowest BCUT2D eigenvalue weighted by atomic mass is 10.3. The first-order valence-electron chi connectivity index (χ1n) is 5.67. The largest absolute Gasteiger partial charge is 0.394 e. The average Bonchev–Trinajstić information content (AvgIpc) is 2.36. The molecule has 0 aliphatic heterocycles. The topological polar surface area (TPSA) is 70.6 Å². The van der Waals surface area contributed by atoms with Gasteiger partial charge in [0.2, 0.25) is 5.91 Å². The van der Waals surface area contributed by atoms with Gasteiger partial charge < -0.3 is 20.5 Å². The minimum atomic E-state index is -0.461. The third-order valence-corrected chi connectivity index (χ3v) is 2.09. The molecule has 0 heterocycles. The molecule has 0 spiro atoms. The van der Waals surface area contributed by atoms with Crippen LogP contribution in [-0.2, 0) is 9.53 Å². The Labute approximate surface area is 105 Å². The van der Waals surface area contributed by atoms with E-state index in [1.54, 1.807) is 12.1 Å². The van der Waals surface area contributed by atoms with Gasteiger partial charge in [-0.2, -0.15) is 0 Å². The Morgan fingerprint density at radius 2 is 2.11 bits per heavy atom. The second kappa shape index (κ2) is 8.57. The van der Waals surface area contributed by atoms with Gasteiger partial charge in [-0.15, -0.1) is 0 Å². The van der Waals surface area contributed by atoms with Gasteiger partial charge in [0.05, 0.1) is 32.1 Å². The molecule has 18 heavy (non-hydrogen) atoms. The summed E-state index contributed by atoms with van der Waals surface area (Å²) in [7, 11) is 0. The summed E-state index contributed by atoms with van der Waals surface area (Å²) >= 11 is 0. The Bertz CT molecular complexity index is 374. The first kappa shape index (κ1) is 14.6. The number of aliphatic hydroxyl groups excluding tert-OH is 1. The number of hydrogen-bond acceptors (Lipinski definition) is 4. The molecule has 0 fully saturated rings. The predicted molar refractivity (Wildman–Crippen MR) is 65.8 cm³/mol. The maximum atomic E-state index is 13.2. The van der Waals surface area contributed by atoms with Crippen molar-refractivity contribution >= 4 is 11.6 Å². The number of hydrogen-bond donors (Lipinski definition) is 3. The number of carbonyl (C=O) groups is 1. The molecule has 0 unspecified atom stereocenters. The van der Waals surface area contributed by atoms with Crippen molar-refractivity contribution < 1.29 is 19.0 Å². The molecule has 0 saturated carbocycles. The molecule has 0 saturated heterocycles. The average molecular weight is 256 g/mol. The van der Waals surface area contributed by atoms with E-state index in [-0.39, 0.29) is 31.4 Å². The van der Waals surface area contributed by atoms with Crippen LogP contribution in [0.25, 0.3) is 0 Å². The molecular weight excluding hydrogens is 239 g/mol. The zero-order chi connectivity index (χ0) is 13.2. The number of para-hydroxylation sites is 1. The SMILES string of the molecule is O=C(CNCCOCCO)Nc1ccccc1F. The summed E-state index contributed by atoms with van der Waals surface area (Å²) in [6.45, 7) is 1.24. The summed E-state index contributed by atoms with van der Waals surface area (Å²) in [6, 6.07) is 5.99. The van der Waals surface area contributed by atoms with E-state index in [0.717, 1.165) is 0 Å². The van der Waals surface area contributed by atoms with E-state index in [4.69, 9.17) is 9.84 Å². The molecule has 1 aromatic carbocycles. The molecule has 1 rings (SSSR count). The molecule has 0 radical (unpaired) electrons. The number of carbonyl (C=O) groups excluding carboxylic acids is 1. The number of nitrogens with one attached hydrogen (secondary N) is 2. The Morgan fingerprint density at radius 3 is 2.83 bits per heavy atom. The third-order valence-electron chi connectivity index (χ3n) is 2.09. The highest BCUT2D eigenvalue weighted by atomic mass is 19.1. The summed E-state index contributed by atoms with van der Waals surface area (Å²) in [5, 5.41) is 13.8. The third kappa shape index (κ3) is 5.72.